The zero-order chi connectivity index (χ0) is 15.2. The summed E-state index contributed by atoms with van der Waals surface area (Å²) in [6, 6.07) is 8.77. The number of pyridine rings is 1. The number of hydrogen-bond donors (Lipinski definition) is 1. The Balaban J connectivity index is 2.50. The van der Waals surface area contributed by atoms with E-state index in [2.05, 4.69) is 17.2 Å². The van der Waals surface area contributed by atoms with Gasteiger partial charge in [-0.1, -0.05) is 25.1 Å². The number of aryl methyl sites for hydroxylation is 1. The SMILES string of the molecule is CCCNC(c1cccc(C)c1F)c1ncccc1OC. The third-order valence-corrected chi connectivity index (χ3v) is 3.42. The summed E-state index contributed by atoms with van der Waals surface area (Å²) in [5.41, 5.74) is 1.93. The van der Waals surface area contributed by atoms with Crippen molar-refractivity contribution in [2.75, 3.05) is 13.7 Å². The lowest BCUT2D eigenvalue weighted by atomic mass is 9.99. The molecule has 1 aromatic heterocycles. The van der Waals surface area contributed by atoms with Gasteiger partial charge < -0.3 is 10.1 Å². The molecule has 1 aromatic carbocycles. The van der Waals surface area contributed by atoms with Gasteiger partial charge in [0.25, 0.3) is 0 Å². The van der Waals surface area contributed by atoms with Gasteiger partial charge in [-0.15, -0.1) is 0 Å². The highest BCUT2D eigenvalue weighted by atomic mass is 19.1. The number of benzene rings is 1. The molecule has 1 heterocycles. The highest BCUT2D eigenvalue weighted by Gasteiger charge is 2.22. The summed E-state index contributed by atoms with van der Waals surface area (Å²) in [5.74, 6) is 0.464. The molecule has 2 aromatic rings. The molecule has 4 heteroatoms. The van der Waals surface area contributed by atoms with E-state index in [0.29, 0.717) is 22.6 Å². The molecule has 0 aliphatic carbocycles. The maximum Gasteiger partial charge on any atom is 0.142 e. The van der Waals surface area contributed by atoms with Gasteiger partial charge >= 0.3 is 0 Å². The summed E-state index contributed by atoms with van der Waals surface area (Å²) in [5, 5.41) is 3.36. The Kier molecular flexibility index (Phi) is 5.28. The molecule has 0 aliphatic heterocycles. The molecule has 1 atom stereocenters. The second kappa shape index (κ2) is 7.18. The maximum atomic E-state index is 14.5. The molecule has 0 spiro atoms. The summed E-state index contributed by atoms with van der Waals surface area (Å²) >= 11 is 0. The molecule has 1 unspecified atom stereocenters. The van der Waals surface area contributed by atoms with Crippen molar-refractivity contribution in [3.05, 3.63) is 59.2 Å². The first-order chi connectivity index (χ1) is 10.2. The molecule has 112 valence electrons. The second-order valence-electron chi connectivity index (χ2n) is 4.96. The number of nitrogens with zero attached hydrogens (tertiary/aromatic N) is 1. The van der Waals surface area contributed by atoms with E-state index < -0.39 is 0 Å². The van der Waals surface area contributed by atoms with E-state index in [1.54, 1.807) is 32.4 Å². The van der Waals surface area contributed by atoms with Crippen molar-refractivity contribution >= 4 is 0 Å². The topological polar surface area (TPSA) is 34.2 Å². The minimum absolute atomic E-state index is 0.196. The van der Waals surface area contributed by atoms with E-state index in [-0.39, 0.29) is 11.9 Å². The Morgan fingerprint density at radius 3 is 2.81 bits per heavy atom. The first-order valence-electron chi connectivity index (χ1n) is 7.16. The summed E-state index contributed by atoms with van der Waals surface area (Å²) in [7, 11) is 1.60. The van der Waals surface area contributed by atoms with Crippen LogP contribution in [-0.2, 0) is 0 Å². The van der Waals surface area contributed by atoms with Crippen molar-refractivity contribution in [1.29, 1.82) is 0 Å². The number of aromatic nitrogens is 1. The highest BCUT2D eigenvalue weighted by Crippen LogP contribution is 2.30. The van der Waals surface area contributed by atoms with Gasteiger partial charge in [0.2, 0.25) is 0 Å². The molecule has 21 heavy (non-hydrogen) atoms. The van der Waals surface area contributed by atoms with Crippen LogP contribution in [0.25, 0.3) is 0 Å². The van der Waals surface area contributed by atoms with Crippen LogP contribution in [-0.4, -0.2) is 18.6 Å². The average molecular weight is 288 g/mol. The Labute approximate surface area is 125 Å². The first-order valence-corrected chi connectivity index (χ1v) is 7.16. The van der Waals surface area contributed by atoms with Gasteiger partial charge in [-0.25, -0.2) is 4.39 Å². The lowest BCUT2D eigenvalue weighted by Gasteiger charge is -2.21. The molecule has 3 nitrogen and oxygen atoms in total. The smallest absolute Gasteiger partial charge is 0.142 e. The summed E-state index contributed by atoms with van der Waals surface area (Å²) in [4.78, 5) is 4.40. The van der Waals surface area contributed by atoms with Gasteiger partial charge in [0, 0.05) is 11.8 Å². The third kappa shape index (κ3) is 3.39. The highest BCUT2D eigenvalue weighted by molar-refractivity contribution is 5.39. The summed E-state index contributed by atoms with van der Waals surface area (Å²) in [6.45, 7) is 4.62. The third-order valence-electron chi connectivity index (χ3n) is 3.42. The fraction of sp³-hybridized carbons (Fsp3) is 0.353. The quantitative estimate of drug-likeness (QED) is 0.881. The maximum absolute atomic E-state index is 14.5. The van der Waals surface area contributed by atoms with E-state index in [0.717, 1.165) is 13.0 Å². The minimum atomic E-state index is -0.319. The Morgan fingerprint density at radius 2 is 2.10 bits per heavy atom. The van der Waals surface area contributed by atoms with Crippen LogP contribution in [0, 0.1) is 12.7 Å². The number of nitrogens with one attached hydrogen (secondary N) is 1. The van der Waals surface area contributed by atoms with Gasteiger partial charge in [-0.3, -0.25) is 4.98 Å². The molecule has 0 radical (unpaired) electrons. The van der Waals surface area contributed by atoms with Crippen LogP contribution in [0.5, 0.6) is 5.75 Å². The average Bonchev–Trinajstić information content (AvgIpc) is 2.52. The monoisotopic (exact) mass is 288 g/mol. The Morgan fingerprint density at radius 1 is 1.29 bits per heavy atom. The van der Waals surface area contributed by atoms with Crippen molar-refractivity contribution in [1.82, 2.24) is 10.3 Å². The number of rotatable bonds is 6. The largest absolute Gasteiger partial charge is 0.495 e. The number of halogens is 1. The second-order valence-corrected chi connectivity index (χ2v) is 4.96. The summed E-state index contributed by atoms with van der Waals surface area (Å²) in [6.07, 6.45) is 2.66. The van der Waals surface area contributed by atoms with Crippen molar-refractivity contribution < 1.29 is 9.13 Å². The zero-order valence-electron chi connectivity index (χ0n) is 12.7. The van der Waals surface area contributed by atoms with Crippen molar-refractivity contribution in [2.45, 2.75) is 26.3 Å². The van der Waals surface area contributed by atoms with Gasteiger partial charge in [0.1, 0.15) is 17.3 Å². The number of ether oxygens (including phenoxy) is 1. The van der Waals surface area contributed by atoms with E-state index >= 15 is 0 Å². The van der Waals surface area contributed by atoms with Gasteiger partial charge in [0.15, 0.2) is 0 Å². The standard InChI is InChI=1S/C17H21FN2O/c1-4-10-19-16(13-8-5-7-12(2)15(13)18)17-14(21-3)9-6-11-20-17/h5-9,11,16,19H,4,10H2,1-3H3. The van der Waals surface area contributed by atoms with E-state index in [9.17, 15) is 4.39 Å². The van der Waals surface area contributed by atoms with E-state index in [4.69, 9.17) is 4.74 Å². The lowest BCUT2D eigenvalue weighted by molar-refractivity contribution is 0.398. The van der Waals surface area contributed by atoms with Crippen molar-refractivity contribution in [3.63, 3.8) is 0 Å². The van der Waals surface area contributed by atoms with E-state index in [1.807, 2.05) is 18.2 Å². The van der Waals surface area contributed by atoms with Crippen LogP contribution in [0.2, 0.25) is 0 Å². The van der Waals surface area contributed by atoms with Crippen LogP contribution in [0.15, 0.2) is 36.5 Å². The Bertz CT molecular complexity index is 601. The predicted octanol–water partition coefficient (Wildman–Crippen LogP) is 3.63. The molecule has 2 rings (SSSR count). The molecule has 0 fully saturated rings. The normalized spacial score (nSPS) is 12.2. The molecule has 0 saturated heterocycles. The molecule has 0 amide bonds. The zero-order valence-corrected chi connectivity index (χ0v) is 12.7. The van der Waals surface area contributed by atoms with Gasteiger partial charge in [-0.05, 0) is 37.6 Å². The molecular formula is C17H21FN2O. The van der Waals surface area contributed by atoms with Crippen LogP contribution in [0.3, 0.4) is 0 Å². The van der Waals surface area contributed by atoms with E-state index in [1.165, 1.54) is 0 Å². The number of hydrogen-bond acceptors (Lipinski definition) is 3. The van der Waals surface area contributed by atoms with Crippen LogP contribution >= 0.6 is 0 Å². The minimum Gasteiger partial charge on any atom is -0.495 e. The van der Waals surface area contributed by atoms with Crippen LogP contribution in [0.4, 0.5) is 4.39 Å². The molecule has 0 saturated carbocycles. The molecule has 1 N–H and O–H groups in total. The molecule has 0 aliphatic rings. The Hall–Kier alpha value is -1.94. The van der Waals surface area contributed by atoms with Crippen molar-refractivity contribution in [3.8, 4) is 5.75 Å². The van der Waals surface area contributed by atoms with Gasteiger partial charge in [0.05, 0.1) is 13.2 Å². The fourth-order valence-corrected chi connectivity index (χ4v) is 2.33. The fourth-order valence-electron chi connectivity index (χ4n) is 2.33. The lowest BCUT2D eigenvalue weighted by Crippen LogP contribution is -2.25. The van der Waals surface area contributed by atoms with Crippen molar-refractivity contribution in [2.24, 2.45) is 0 Å². The molecule has 0 bridgehead atoms. The number of methoxy groups -OCH3 is 1. The van der Waals surface area contributed by atoms with Crippen LogP contribution < -0.4 is 10.1 Å². The first kappa shape index (κ1) is 15.4. The van der Waals surface area contributed by atoms with Gasteiger partial charge in [-0.2, -0.15) is 0 Å². The molecular weight excluding hydrogens is 267 g/mol. The summed E-state index contributed by atoms with van der Waals surface area (Å²) < 4.78 is 19.9. The predicted molar refractivity (Wildman–Crippen MR) is 82.1 cm³/mol. The van der Waals surface area contributed by atoms with Crippen LogP contribution in [0.1, 0.15) is 36.2 Å².